The van der Waals surface area contributed by atoms with E-state index < -0.39 is 0 Å². The van der Waals surface area contributed by atoms with Gasteiger partial charge in [0.25, 0.3) is 0 Å². The lowest BCUT2D eigenvalue weighted by Crippen LogP contribution is -2.15. The first-order valence-electron chi connectivity index (χ1n) is 19.1. The third-order valence-electron chi connectivity index (χ3n) is 11.8. The van der Waals surface area contributed by atoms with Crippen LogP contribution in [0.25, 0.3) is 75.1 Å². The quantitative estimate of drug-likeness (QED) is 0.171. The molecule has 0 spiro atoms. The molecule has 55 heavy (non-hydrogen) atoms. The molecule has 11 rings (SSSR count). The molecule has 10 aromatic rings. The first-order chi connectivity index (χ1) is 27.0. The summed E-state index contributed by atoms with van der Waals surface area (Å²) < 4.78 is 2.67. The van der Waals surface area contributed by atoms with Crippen molar-refractivity contribution in [2.24, 2.45) is 0 Å². The molecule has 0 radical (unpaired) electrons. The van der Waals surface area contributed by atoms with Gasteiger partial charge < -0.3 is 4.90 Å². The number of anilines is 3. The SMILES string of the molecule is CC1(C)c2ccccc2-c2cc(N(c3ccc(-c4ccc5ccc6sc7ccccc7c6c5c4)cc3)c3ccccc3-c3ccc4ccccc4c3)ccc21. The first-order valence-corrected chi connectivity index (χ1v) is 19.9. The van der Waals surface area contributed by atoms with Gasteiger partial charge in [0.05, 0.1) is 5.69 Å². The molecule has 0 saturated heterocycles. The molecule has 1 aliphatic rings. The predicted octanol–water partition coefficient (Wildman–Crippen LogP) is 15.5. The Balaban J connectivity index is 1.07. The highest BCUT2D eigenvalue weighted by atomic mass is 32.1. The van der Waals surface area contributed by atoms with E-state index in [9.17, 15) is 0 Å². The van der Waals surface area contributed by atoms with Crippen molar-refractivity contribution in [2.45, 2.75) is 19.3 Å². The number of para-hydroxylation sites is 1. The Morgan fingerprint density at radius 2 is 1.05 bits per heavy atom. The highest BCUT2D eigenvalue weighted by molar-refractivity contribution is 7.26. The molecule has 0 atom stereocenters. The second-order valence-electron chi connectivity index (χ2n) is 15.3. The van der Waals surface area contributed by atoms with Crippen LogP contribution >= 0.6 is 11.3 Å². The summed E-state index contributed by atoms with van der Waals surface area (Å²) in [6, 6.07) is 69.7. The Morgan fingerprint density at radius 1 is 0.400 bits per heavy atom. The highest BCUT2D eigenvalue weighted by Crippen LogP contribution is 2.51. The standard InChI is InChI=1S/C53H37NS/c1-53(2)47-16-8-5-14-43(47)46-33-41(28-29-48(46)53)54(49-17-9-6-13-42(49)39-22-19-34-11-3-4-12-37(34)31-39)40-26-23-35(24-27-40)38-21-20-36-25-30-51-52(45(36)32-38)44-15-7-10-18-50(44)55-51/h3-33H,1-2H3. The van der Waals surface area contributed by atoms with E-state index in [-0.39, 0.29) is 5.41 Å². The van der Waals surface area contributed by atoms with Crippen molar-refractivity contribution < 1.29 is 0 Å². The fourth-order valence-corrected chi connectivity index (χ4v) is 10.2. The van der Waals surface area contributed by atoms with Crippen LogP contribution in [0.5, 0.6) is 0 Å². The summed E-state index contributed by atoms with van der Waals surface area (Å²) in [6.07, 6.45) is 0. The minimum atomic E-state index is -0.0549. The van der Waals surface area contributed by atoms with Crippen molar-refractivity contribution in [3.05, 3.63) is 199 Å². The van der Waals surface area contributed by atoms with Crippen LogP contribution in [0.15, 0.2) is 188 Å². The lowest BCUT2D eigenvalue weighted by molar-refractivity contribution is 0.660. The third-order valence-corrected chi connectivity index (χ3v) is 13.0. The Labute approximate surface area is 325 Å². The number of hydrogen-bond acceptors (Lipinski definition) is 2. The molecule has 2 heteroatoms. The normalized spacial score (nSPS) is 13.1. The van der Waals surface area contributed by atoms with Gasteiger partial charge in [0.1, 0.15) is 0 Å². The van der Waals surface area contributed by atoms with Crippen LogP contribution in [0, 0.1) is 0 Å². The van der Waals surface area contributed by atoms with Gasteiger partial charge >= 0.3 is 0 Å². The van der Waals surface area contributed by atoms with Crippen molar-refractivity contribution in [2.75, 3.05) is 4.90 Å². The van der Waals surface area contributed by atoms with Gasteiger partial charge in [-0.15, -0.1) is 11.3 Å². The molecule has 0 unspecified atom stereocenters. The Morgan fingerprint density at radius 3 is 1.95 bits per heavy atom. The van der Waals surface area contributed by atoms with Crippen LogP contribution in [0.1, 0.15) is 25.0 Å². The Hall–Kier alpha value is -6.48. The second kappa shape index (κ2) is 12.3. The van der Waals surface area contributed by atoms with Crippen molar-refractivity contribution in [3.8, 4) is 33.4 Å². The fraction of sp³-hybridized carbons (Fsp3) is 0.0566. The van der Waals surface area contributed by atoms with Gasteiger partial charge in [-0.25, -0.2) is 0 Å². The highest BCUT2D eigenvalue weighted by Gasteiger charge is 2.35. The number of benzene rings is 9. The van der Waals surface area contributed by atoms with Crippen LogP contribution in [0.2, 0.25) is 0 Å². The smallest absolute Gasteiger partial charge is 0.0540 e. The summed E-state index contributed by atoms with van der Waals surface area (Å²) in [5.74, 6) is 0. The molecule has 0 aliphatic heterocycles. The maximum absolute atomic E-state index is 2.45. The molecule has 0 N–H and O–H groups in total. The van der Waals surface area contributed by atoms with Crippen LogP contribution in [0.3, 0.4) is 0 Å². The van der Waals surface area contributed by atoms with Gasteiger partial charge in [0, 0.05) is 42.5 Å². The average molecular weight is 720 g/mol. The largest absolute Gasteiger partial charge is 0.310 e. The lowest BCUT2D eigenvalue weighted by atomic mass is 9.82. The topological polar surface area (TPSA) is 3.24 Å². The third kappa shape index (κ3) is 5.06. The molecular weight excluding hydrogens is 683 g/mol. The van der Waals surface area contributed by atoms with Gasteiger partial charge in [-0.3, -0.25) is 0 Å². The maximum atomic E-state index is 2.45. The molecule has 0 bridgehead atoms. The predicted molar refractivity (Wildman–Crippen MR) is 237 cm³/mol. The summed E-state index contributed by atoms with van der Waals surface area (Å²) in [5.41, 5.74) is 13.6. The summed E-state index contributed by atoms with van der Waals surface area (Å²) in [5, 5.41) is 7.76. The van der Waals surface area contributed by atoms with E-state index in [0.29, 0.717) is 0 Å². The zero-order chi connectivity index (χ0) is 36.7. The summed E-state index contributed by atoms with van der Waals surface area (Å²) in [6.45, 7) is 4.70. The minimum Gasteiger partial charge on any atom is -0.310 e. The first kappa shape index (κ1) is 32.0. The molecule has 0 amide bonds. The van der Waals surface area contributed by atoms with Crippen molar-refractivity contribution in [1.29, 1.82) is 0 Å². The van der Waals surface area contributed by atoms with Crippen LogP contribution in [-0.4, -0.2) is 0 Å². The van der Waals surface area contributed by atoms with Crippen molar-refractivity contribution in [3.63, 3.8) is 0 Å². The number of nitrogens with zero attached hydrogens (tertiary/aromatic N) is 1. The van der Waals surface area contributed by atoms with Crippen LogP contribution < -0.4 is 4.90 Å². The molecule has 1 aliphatic carbocycles. The zero-order valence-corrected chi connectivity index (χ0v) is 31.6. The van der Waals surface area contributed by atoms with E-state index in [1.807, 2.05) is 11.3 Å². The molecule has 0 fully saturated rings. The summed E-state index contributed by atoms with van der Waals surface area (Å²) in [7, 11) is 0. The van der Waals surface area contributed by atoms with E-state index in [1.165, 1.54) is 86.2 Å². The average Bonchev–Trinajstić information content (AvgIpc) is 3.73. The maximum Gasteiger partial charge on any atom is 0.0540 e. The Kier molecular flexibility index (Phi) is 7.14. The second-order valence-corrected chi connectivity index (χ2v) is 16.4. The van der Waals surface area contributed by atoms with E-state index in [2.05, 4.69) is 207 Å². The molecular formula is C53H37NS. The molecule has 1 nitrogen and oxygen atoms in total. The van der Waals surface area contributed by atoms with E-state index >= 15 is 0 Å². The van der Waals surface area contributed by atoms with Crippen molar-refractivity contribution >= 4 is 70.1 Å². The number of hydrogen-bond donors (Lipinski definition) is 0. The molecule has 260 valence electrons. The van der Waals surface area contributed by atoms with Gasteiger partial charge in [-0.05, 0) is 115 Å². The van der Waals surface area contributed by atoms with E-state index in [4.69, 9.17) is 0 Å². The molecule has 1 heterocycles. The van der Waals surface area contributed by atoms with Gasteiger partial charge in [0.2, 0.25) is 0 Å². The zero-order valence-electron chi connectivity index (χ0n) is 30.8. The van der Waals surface area contributed by atoms with Gasteiger partial charge in [-0.2, -0.15) is 0 Å². The number of fused-ring (bicyclic) bond motifs is 9. The summed E-state index contributed by atoms with van der Waals surface area (Å²) >= 11 is 1.88. The number of rotatable bonds is 5. The number of thiophene rings is 1. The molecule has 0 saturated carbocycles. The molecule has 9 aromatic carbocycles. The Bertz CT molecular complexity index is 3130. The van der Waals surface area contributed by atoms with Gasteiger partial charge in [0.15, 0.2) is 0 Å². The van der Waals surface area contributed by atoms with Crippen LogP contribution in [-0.2, 0) is 5.41 Å². The van der Waals surface area contributed by atoms with Gasteiger partial charge in [-0.1, -0.05) is 147 Å². The van der Waals surface area contributed by atoms with E-state index in [1.54, 1.807) is 0 Å². The van der Waals surface area contributed by atoms with Crippen molar-refractivity contribution in [1.82, 2.24) is 0 Å². The summed E-state index contributed by atoms with van der Waals surface area (Å²) in [4.78, 5) is 2.45. The van der Waals surface area contributed by atoms with E-state index in [0.717, 1.165) is 17.1 Å². The van der Waals surface area contributed by atoms with Crippen LogP contribution in [0.4, 0.5) is 17.1 Å². The minimum absolute atomic E-state index is 0.0549. The lowest BCUT2D eigenvalue weighted by Gasteiger charge is -2.29. The monoisotopic (exact) mass is 719 g/mol. The molecule has 1 aromatic heterocycles. The fourth-order valence-electron chi connectivity index (χ4n) is 9.07.